The molecule has 1 aromatic carbocycles. The highest BCUT2D eigenvalue weighted by atomic mass is 35.5. The largest absolute Gasteiger partial charge is 0.352 e. The van der Waals surface area contributed by atoms with Gasteiger partial charge in [-0.1, -0.05) is 35.3 Å². The van der Waals surface area contributed by atoms with Crippen molar-refractivity contribution in [2.45, 2.75) is 38.6 Å². The summed E-state index contributed by atoms with van der Waals surface area (Å²) in [7, 11) is 0. The Hall–Kier alpha value is -1.79. The molecule has 1 aromatic heterocycles. The first-order valence-electron chi connectivity index (χ1n) is 8.39. The summed E-state index contributed by atoms with van der Waals surface area (Å²) in [6, 6.07) is 5.68. The number of hydrogen-bond acceptors (Lipinski definition) is 5. The van der Waals surface area contributed by atoms with E-state index in [2.05, 4.69) is 15.5 Å². The molecule has 2 heterocycles. The Morgan fingerprint density at radius 1 is 1.36 bits per heavy atom. The number of amides is 1. The monoisotopic (exact) mass is 382 g/mol. The molecule has 2 aromatic rings. The number of benzene rings is 1. The van der Waals surface area contributed by atoms with Crippen LogP contribution in [-0.4, -0.2) is 35.2 Å². The molecule has 0 bridgehead atoms. The smallest absolute Gasteiger partial charge is 0.324 e. The average molecular weight is 383 g/mol. The fourth-order valence-corrected chi connectivity index (χ4v) is 3.47. The van der Waals surface area contributed by atoms with Crippen LogP contribution in [0.4, 0.5) is 6.01 Å². The third kappa shape index (κ3) is 4.64. The summed E-state index contributed by atoms with van der Waals surface area (Å²) in [4.78, 5) is 18.3. The first-order valence-corrected chi connectivity index (χ1v) is 9.15. The van der Waals surface area contributed by atoms with Gasteiger partial charge in [0.15, 0.2) is 0 Å². The molecule has 8 heteroatoms. The minimum absolute atomic E-state index is 0.0918. The average Bonchev–Trinajstić information content (AvgIpc) is 3.04. The number of aromatic nitrogens is 2. The number of rotatable bonds is 5. The van der Waals surface area contributed by atoms with Crippen LogP contribution in [-0.2, 0) is 4.79 Å². The van der Waals surface area contributed by atoms with Crippen LogP contribution in [0.3, 0.4) is 0 Å². The summed E-state index contributed by atoms with van der Waals surface area (Å²) in [5.41, 5.74) is 0.706. The predicted octanol–water partition coefficient (Wildman–Crippen LogP) is 3.93. The van der Waals surface area contributed by atoms with Crippen LogP contribution in [0, 0.1) is 0 Å². The number of anilines is 1. The van der Waals surface area contributed by atoms with Gasteiger partial charge in [-0.2, -0.15) is 4.98 Å². The van der Waals surface area contributed by atoms with Crippen LogP contribution in [0.5, 0.6) is 0 Å². The van der Waals surface area contributed by atoms with Gasteiger partial charge in [-0.15, -0.1) is 0 Å². The topological polar surface area (TPSA) is 71.3 Å². The van der Waals surface area contributed by atoms with Crippen LogP contribution in [0.25, 0.3) is 11.4 Å². The van der Waals surface area contributed by atoms with E-state index in [1.165, 1.54) is 0 Å². The molecule has 1 saturated heterocycles. The molecular formula is C17H20Cl2N4O2. The molecule has 0 spiro atoms. The number of carbonyl (C=O) groups is 1. The van der Waals surface area contributed by atoms with Gasteiger partial charge in [0.25, 0.3) is 0 Å². The van der Waals surface area contributed by atoms with Crippen molar-refractivity contribution in [1.82, 2.24) is 15.5 Å². The van der Waals surface area contributed by atoms with Gasteiger partial charge in [0.05, 0.1) is 0 Å². The third-order valence-electron chi connectivity index (χ3n) is 4.07. The molecule has 0 radical (unpaired) electrons. The van der Waals surface area contributed by atoms with Crippen LogP contribution >= 0.6 is 23.2 Å². The molecular weight excluding hydrogens is 363 g/mol. The van der Waals surface area contributed by atoms with E-state index in [1.807, 2.05) is 11.8 Å². The Morgan fingerprint density at radius 3 is 2.84 bits per heavy atom. The van der Waals surface area contributed by atoms with E-state index in [1.54, 1.807) is 18.2 Å². The summed E-state index contributed by atoms with van der Waals surface area (Å²) in [5, 5.41) is 8.13. The number of hydrogen-bond donors (Lipinski definition) is 1. The van der Waals surface area contributed by atoms with Gasteiger partial charge in [0.1, 0.15) is 0 Å². The Morgan fingerprint density at radius 2 is 2.12 bits per heavy atom. The van der Waals surface area contributed by atoms with Crippen molar-refractivity contribution in [2.75, 3.05) is 18.0 Å². The minimum Gasteiger partial charge on any atom is -0.352 e. The van der Waals surface area contributed by atoms with Crippen molar-refractivity contribution in [3.63, 3.8) is 0 Å². The standard InChI is InChI=1S/C17H20Cl2N4O2/c1-2-4-15(24)20-14-5-3-6-23(10-14)17-21-16(22-25-17)11-7-12(18)9-13(19)8-11/h7-9,14H,2-6,10H2,1H3,(H,20,24). The van der Waals surface area contributed by atoms with Gasteiger partial charge >= 0.3 is 6.01 Å². The highest BCUT2D eigenvalue weighted by Crippen LogP contribution is 2.27. The molecule has 1 fully saturated rings. The van der Waals surface area contributed by atoms with Gasteiger partial charge in [0.2, 0.25) is 11.7 Å². The highest BCUT2D eigenvalue weighted by molar-refractivity contribution is 6.35. The highest BCUT2D eigenvalue weighted by Gasteiger charge is 2.25. The van der Waals surface area contributed by atoms with Crippen LogP contribution in [0.1, 0.15) is 32.6 Å². The lowest BCUT2D eigenvalue weighted by molar-refractivity contribution is -0.121. The maximum atomic E-state index is 11.8. The van der Waals surface area contributed by atoms with Crippen LogP contribution in [0.2, 0.25) is 10.0 Å². The van der Waals surface area contributed by atoms with Gasteiger partial charge in [-0.25, -0.2) is 0 Å². The quantitative estimate of drug-likeness (QED) is 0.847. The number of halogens is 2. The second-order valence-corrected chi connectivity index (χ2v) is 7.03. The van der Waals surface area contributed by atoms with Crippen LogP contribution in [0.15, 0.2) is 22.7 Å². The molecule has 0 saturated carbocycles. The van der Waals surface area contributed by atoms with E-state index in [4.69, 9.17) is 27.7 Å². The lowest BCUT2D eigenvalue weighted by Crippen LogP contribution is -2.47. The second-order valence-electron chi connectivity index (χ2n) is 6.16. The van der Waals surface area contributed by atoms with Gasteiger partial charge in [-0.3, -0.25) is 4.79 Å². The number of piperidine rings is 1. The van der Waals surface area contributed by atoms with E-state index in [0.29, 0.717) is 40.4 Å². The maximum Gasteiger partial charge on any atom is 0.324 e. The maximum absolute atomic E-state index is 11.8. The molecule has 1 aliphatic rings. The summed E-state index contributed by atoms with van der Waals surface area (Å²) < 4.78 is 5.41. The SMILES string of the molecule is CCCC(=O)NC1CCCN(c2nc(-c3cc(Cl)cc(Cl)c3)no2)C1. The molecule has 6 nitrogen and oxygen atoms in total. The van der Waals surface area contributed by atoms with E-state index < -0.39 is 0 Å². The number of nitrogens with one attached hydrogen (secondary N) is 1. The van der Waals surface area contributed by atoms with E-state index >= 15 is 0 Å². The van der Waals surface area contributed by atoms with E-state index in [9.17, 15) is 4.79 Å². The van der Waals surface area contributed by atoms with Crippen molar-refractivity contribution in [2.24, 2.45) is 0 Å². The fraction of sp³-hybridized carbons (Fsp3) is 0.471. The lowest BCUT2D eigenvalue weighted by Gasteiger charge is -2.31. The minimum atomic E-state index is 0.0918. The van der Waals surface area contributed by atoms with Crippen molar-refractivity contribution < 1.29 is 9.32 Å². The fourth-order valence-electron chi connectivity index (χ4n) is 2.94. The summed E-state index contributed by atoms with van der Waals surface area (Å²) in [6.07, 6.45) is 3.31. The molecule has 1 aliphatic heterocycles. The summed E-state index contributed by atoms with van der Waals surface area (Å²) in [5.74, 6) is 0.533. The summed E-state index contributed by atoms with van der Waals surface area (Å²) >= 11 is 12.1. The zero-order valence-electron chi connectivity index (χ0n) is 14.0. The molecule has 0 aliphatic carbocycles. The Bertz CT molecular complexity index is 730. The van der Waals surface area contributed by atoms with Crippen LogP contribution < -0.4 is 10.2 Å². The molecule has 134 valence electrons. The van der Waals surface area contributed by atoms with Crippen molar-refractivity contribution >= 4 is 35.1 Å². The first-order chi connectivity index (χ1) is 12.0. The first kappa shape index (κ1) is 18.0. The predicted molar refractivity (Wildman–Crippen MR) is 98.0 cm³/mol. The molecule has 1 N–H and O–H groups in total. The zero-order valence-corrected chi connectivity index (χ0v) is 15.5. The van der Waals surface area contributed by atoms with Crippen molar-refractivity contribution in [3.8, 4) is 11.4 Å². The molecule has 1 unspecified atom stereocenters. The Labute approximate surface area is 156 Å². The van der Waals surface area contributed by atoms with E-state index in [0.717, 1.165) is 25.8 Å². The van der Waals surface area contributed by atoms with Gasteiger partial charge < -0.3 is 14.7 Å². The summed E-state index contributed by atoms with van der Waals surface area (Å²) in [6.45, 7) is 3.47. The number of nitrogens with zero attached hydrogens (tertiary/aromatic N) is 3. The van der Waals surface area contributed by atoms with Crippen molar-refractivity contribution in [1.29, 1.82) is 0 Å². The zero-order chi connectivity index (χ0) is 17.8. The molecule has 1 amide bonds. The van der Waals surface area contributed by atoms with Gasteiger partial charge in [0, 0.05) is 41.2 Å². The third-order valence-corrected chi connectivity index (χ3v) is 4.51. The Kier molecular flexibility index (Phi) is 5.81. The molecule has 1 atom stereocenters. The lowest BCUT2D eigenvalue weighted by atomic mass is 10.1. The van der Waals surface area contributed by atoms with E-state index in [-0.39, 0.29) is 11.9 Å². The molecule has 25 heavy (non-hydrogen) atoms. The number of carbonyl (C=O) groups excluding carboxylic acids is 1. The Balaban J connectivity index is 1.70. The van der Waals surface area contributed by atoms with Gasteiger partial charge in [-0.05, 0) is 37.5 Å². The second kappa shape index (κ2) is 8.06. The molecule has 3 rings (SSSR count). The van der Waals surface area contributed by atoms with Crippen molar-refractivity contribution in [3.05, 3.63) is 28.2 Å². The normalized spacial score (nSPS) is 17.6.